The van der Waals surface area contributed by atoms with Crippen LogP contribution < -0.4 is 27.4 Å². The summed E-state index contributed by atoms with van der Waals surface area (Å²) in [5.41, 5.74) is 10.4. The minimum Gasteiger partial charge on any atom is -0.376 e. The molecule has 9 nitrogen and oxygen atoms in total. The lowest BCUT2D eigenvalue weighted by Crippen LogP contribution is -2.64. The van der Waals surface area contributed by atoms with Crippen LogP contribution in [0.4, 0.5) is 0 Å². The Morgan fingerprint density at radius 1 is 1.15 bits per heavy atom. The van der Waals surface area contributed by atoms with Crippen LogP contribution in [-0.4, -0.2) is 53.7 Å². The van der Waals surface area contributed by atoms with Crippen LogP contribution in [0.3, 0.4) is 0 Å². The number of carbonyl (C=O) groups is 3. The summed E-state index contributed by atoms with van der Waals surface area (Å²) in [5, 5.41) is 20.2. The van der Waals surface area contributed by atoms with Crippen molar-refractivity contribution in [2.24, 2.45) is 22.8 Å². The molecule has 2 unspecified atom stereocenters. The number of aliphatic hydroxyl groups excluding tert-OH is 1. The van der Waals surface area contributed by atoms with Crippen LogP contribution >= 0.6 is 0 Å². The van der Waals surface area contributed by atoms with E-state index in [1.165, 1.54) is 0 Å². The molecule has 40 heavy (non-hydrogen) atoms. The van der Waals surface area contributed by atoms with Gasteiger partial charge in [0.2, 0.25) is 17.7 Å². The number of allylic oxidation sites excluding steroid dienone is 4. The van der Waals surface area contributed by atoms with Crippen LogP contribution in [-0.2, 0) is 14.4 Å². The second kappa shape index (κ2) is 19.0. The van der Waals surface area contributed by atoms with Gasteiger partial charge in [-0.25, -0.2) is 0 Å². The largest absolute Gasteiger partial charge is 0.376 e. The number of hydrogen-bond donors (Lipinski definition) is 6. The van der Waals surface area contributed by atoms with Crippen molar-refractivity contribution in [3.63, 3.8) is 0 Å². The average molecular weight is 564 g/mol. The first-order chi connectivity index (χ1) is 18.9. The van der Waals surface area contributed by atoms with E-state index < -0.39 is 29.6 Å². The molecule has 1 rings (SSSR count). The van der Waals surface area contributed by atoms with Gasteiger partial charge in [-0.15, -0.1) is 0 Å². The molecule has 0 fully saturated rings. The fourth-order valence-electron chi connectivity index (χ4n) is 5.14. The average Bonchev–Trinajstić information content (AvgIpc) is 2.88. The first kappa shape index (κ1) is 35.8. The molecule has 0 aromatic rings. The van der Waals surface area contributed by atoms with Gasteiger partial charge in [-0.05, 0) is 82.6 Å². The van der Waals surface area contributed by atoms with E-state index in [1.54, 1.807) is 0 Å². The number of rotatable bonds is 12. The van der Waals surface area contributed by atoms with Crippen molar-refractivity contribution in [1.82, 2.24) is 16.0 Å². The van der Waals surface area contributed by atoms with E-state index in [4.69, 9.17) is 11.5 Å². The molecule has 0 saturated carbocycles. The molecule has 8 N–H and O–H groups in total. The summed E-state index contributed by atoms with van der Waals surface area (Å²) in [5.74, 6) is -1.34. The van der Waals surface area contributed by atoms with Gasteiger partial charge in [0.05, 0.1) is 18.1 Å². The molecule has 9 heteroatoms. The Balaban J connectivity index is 3.22. The summed E-state index contributed by atoms with van der Waals surface area (Å²) >= 11 is 0. The molecular weight excluding hydrogens is 506 g/mol. The standard InChI is InChI=1S/C31H57N5O4/c1-5-6-7-8-9-11-14-19-31(29(33)40)20-15-12-10-13-17-24(18-16-21-32)27(38)34-23-26(37)35-25(28(39)36-31)22-30(2,3)4/h8-10,13,24-25,28,36,39H,5-7,11-12,14-23,32H2,1-4H3,(H2,33,40)(H,34,38)(H,35,37)/b9-8+,13-10-/t24?,25-,28?,31-/m0/s1. The maximum atomic E-state index is 13.0. The summed E-state index contributed by atoms with van der Waals surface area (Å²) < 4.78 is 0. The Labute approximate surface area is 242 Å². The third kappa shape index (κ3) is 14.4. The summed E-state index contributed by atoms with van der Waals surface area (Å²) in [7, 11) is 0. The van der Waals surface area contributed by atoms with Crippen LogP contribution in [0.2, 0.25) is 0 Å². The van der Waals surface area contributed by atoms with E-state index in [0.29, 0.717) is 45.1 Å². The molecule has 1 heterocycles. The molecule has 0 radical (unpaired) electrons. The molecular formula is C31H57N5O4. The minimum atomic E-state index is -1.20. The number of primary amides is 1. The molecule has 0 spiro atoms. The van der Waals surface area contributed by atoms with Crippen molar-refractivity contribution >= 4 is 17.7 Å². The zero-order valence-electron chi connectivity index (χ0n) is 25.5. The monoisotopic (exact) mass is 563 g/mol. The van der Waals surface area contributed by atoms with Crippen molar-refractivity contribution in [3.05, 3.63) is 24.3 Å². The Morgan fingerprint density at radius 3 is 2.48 bits per heavy atom. The summed E-state index contributed by atoms with van der Waals surface area (Å²) in [6, 6.07) is -0.682. The predicted molar refractivity (Wildman–Crippen MR) is 162 cm³/mol. The lowest BCUT2D eigenvalue weighted by atomic mass is 9.83. The molecule has 4 atom stereocenters. The molecule has 230 valence electrons. The van der Waals surface area contributed by atoms with Gasteiger partial charge in [-0.3, -0.25) is 19.7 Å². The fourth-order valence-corrected chi connectivity index (χ4v) is 5.14. The fraction of sp³-hybridized carbons (Fsp3) is 0.774. The van der Waals surface area contributed by atoms with Gasteiger partial charge in [-0.2, -0.15) is 0 Å². The van der Waals surface area contributed by atoms with Gasteiger partial charge in [0.25, 0.3) is 0 Å². The van der Waals surface area contributed by atoms with Gasteiger partial charge < -0.3 is 27.2 Å². The molecule has 3 amide bonds. The second-order valence-electron chi connectivity index (χ2n) is 12.4. The van der Waals surface area contributed by atoms with Gasteiger partial charge >= 0.3 is 0 Å². The number of amides is 3. The summed E-state index contributed by atoms with van der Waals surface area (Å²) in [4.78, 5) is 38.7. The molecule has 0 aromatic heterocycles. The number of nitrogens with two attached hydrogens (primary N) is 2. The zero-order valence-corrected chi connectivity index (χ0v) is 25.5. The van der Waals surface area contributed by atoms with Gasteiger partial charge in [0, 0.05) is 5.92 Å². The number of unbranched alkanes of at least 4 members (excludes halogenated alkanes) is 3. The van der Waals surface area contributed by atoms with E-state index in [9.17, 15) is 19.5 Å². The quantitative estimate of drug-likeness (QED) is 0.157. The molecule has 0 aliphatic carbocycles. The highest BCUT2D eigenvalue weighted by Crippen LogP contribution is 2.27. The zero-order chi connectivity index (χ0) is 30.0. The summed E-state index contributed by atoms with van der Waals surface area (Å²) in [6.07, 6.45) is 16.8. The smallest absolute Gasteiger partial charge is 0.239 e. The maximum Gasteiger partial charge on any atom is 0.239 e. The van der Waals surface area contributed by atoms with Crippen molar-refractivity contribution in [2.45, 2.75) is 129 Å². The Bertz CT molecular complexity index is 823. The summed E-state index contributed by atoms with van der Waals surface area (Å²) in [6.45, 7) is 8.53. The normalized spacial score (nSPS) is 26.8. The highest BCUT2D eigenvalue weighted by atomic mass is 16.3. The van der Waals surface area contributed by atoms with Crippen LogP contribution in [0.25, 0.3) is 0 Å². The van der Waals surface area contributed by atoms with Crippen molar-refractivity contribution in [2.75, 3.05) is 13.1 Å². The molecule has 0 saturated heterocycles. The van der Waals surface area contributed by atoms with Crippen LogP contribution in [0, 0.1) is 11.3 Å². The van der Waals surface area contributed by atoms with Crippen molar-refractivity contribution in [1.29, 1.82) is 0 Å². The highest BCUT2D eigenvalue weighted by molar-refractivity contribution is 5.86. The number of aliphatic hydroxyl groups is 1. The molecule has 0 bridgehead atoms. The minimum absolute atomic E-state index is 0.178. The van der Waals surface area contributed by atoms with E-state index in [-0.39, 0.29) is 23.8 Å². The van der Waals surface area contributed by atoms with Crippen molar-refractivity contribution < 1.29 is 19.5 Å². The van der Waals surface area contributed by atoms with E-state index in [2.05, 4.69) is 35.0 Å². The molecule has 0 aromatic carbocycles. The number of carbonyl (C=O) groups excluding carboxylic acids is 3. The van der Waals surface area contributed by atoms with Crippen LogP contribution in [0.5, 0.6) is 0 Å². The van der Waals surface area contributed by atoms with E-state index in [0.717, 1.165) is 44.9 Å². The Morgan fingerprint density at radius 2 is 1.85 bits per heavy atom. The second-order valence-corrected chi connectivity index (χ2v) is 12.4. The first-order valence-electron chi connectivity index (χ1n) is 15.3. The van der Waals surface area contributed by atoms with Crippen molar-refractivity contribution in [3.8, 4) is 0 Å². The van der Waals surface area contributed by atoms with Gasteiger partial charge in [-0.1, -0.05) is 64.8 Å². The highest BCUT2D eigenvalue weighted by Gasteiger charge is 2.39. The van der Waals surface area contributed by atoms with Crippen LogP contribution in [0.15, 0.2) is 24.3 Å². The van der Waals surface area contributed by atoms with Crippen LogP contribution in [0.1, 0.15) is 111 Å². The molecule has 1 aliphatic heterocycles. The topological polar surface area (TPSA) is 160 Å². The molecule has 1 aliphatic rings. The predicted octanol–water partition coefficient (Wildman–Crippen LogP) is 3.56. The Hall–Kier alpha value is -2.23. The van der Waals surface area contributed by atoms with Gasteiger partial charge in [0.15, 0.2) is 0 Å². The van der Waals surface area contributed by atoms with E-state index >= 15 is 0 Å². The third-order valence-electron chi connectivity index (χ3n) is 7.43. The maximum absolute atomic E-state index is 13.0. The lowest BCUT2D eigenvalue weighted by Gasteiger charge is -2.38. The van der Waals surface area contributed by atoms with Gasteiger partial charge in [0.1, 0.15) is 6.23 Å². The SMILES string of the molecule is CCCC/C=C/CCC[C@@]1(C(N)=O)CCC/C=C\CC(CCCN)C(=O)NCC(=O)N[C@@H](CC(C)(C)C)C(O)N1. The Kier molecular flexibility index (Phi) is 17.0. The number of hydrogen-bond acceptors (Lipinski definition) is 6. The third-order valence-corrected chi connectivity index (χ3v) is 7.43. The lowest BCUT2D eigenvalue weighted by molar-refractivity contribution is -0.130. The first-order valence-corrected chi connectivity index (χ1v) is 15.3. The number of nitrogens with one attached hydrogen (secondary N) is 3. The van der Waals surface area contributed by atoms with E-state index in [1.807, 2.05) is 32.9 Å².